The van der Waals surface area contributed by atoms with Crippen molar-refractivity contribution < 1.29 is 0 Å². The van der Waals surface area contributed by atoms with Gasteiger partial charge in [-0.3, -0.25) is 4.90 Å². The number of imidazole rings is 1. The van der Waals surface area contributed by atoms with Crippen LogP contribution in [-0.4, -0.2) is 34.1 Å². The second-order valence-electron chi connectivity index (χ2n) is 6.51. The summed E-state index contributed by atoms with van der Waals surface area (Å²) in [5.41, 5.74) is 7.97. The van der Waals surface area contributed by atoms with E-state index in [1.807, 2.05) is 12.5 Å². The number of nitrogens with two attached hydrogens (primary N) is 1. The van der Waals surface area contributed by atoms with Crippen LogP contribution in [0.2, 0.25) is 0 Å². The molecule has 1 unspecified atom stereocenters. The number of hydrogen-bond donors (Lipinski definition) is 1. The Morgan fingerprint density at radius 1 is 1.24 bits per heavy atom. The highest BCUT2D eigenvalue weighted by molar-refractivity contribution is 5.07. The molecule has 2 heterocycles. The molecule has 0 amide bonds. The summed E-state index contributed by atoms with van der Waals surface area (Å²) >= 11 is 0. The first kappa shape index (κ1) is 16.5. The summed E-state index contributed by atoms with van der Waals surface area (Å²) in [4.78, 5) is 6.92. The van der Waals surface area contributed by atoms with Crippen molar-refractivity contribution in [2.45, 2.75) is 65.5 Å². The summed E-state index contributed by atoms with van der Waals surface area (Å²) in [5.74, 6) is 0. The van der Waals surface area contributed by atoms with E-state index in [1.165, 1.54) is 44.5 Å². The average molecular weight is 292 g/mol. The van der Waals surface area contributed by atoms with Gasteiger partial charge in [-0.2, -0.15) is 0 Å². The van der Waals surface area contributed by atoms with Crippen molar-refractivity contribution in [2.75, 3.05) is 19.6 Å². The largest absolute Gasteiger partial charge is 0.333 e. The SMILES string of the molecule is CCCn1cncc1C(CN)N1CCC(CC)(CC)CC1. The number of nitrogens with zero attached hydrogens (tertiary/aromatic N) is 3. The van der Waals surface area contributed by atoms with Crippen molar-refractivity contribution in [1.29, 1.82) is 0 Å². The molecule has 1 aromatic heterocycles. The van der Waals surface area contributed by atoms with Crippen LogP contribution in [0.5, 0.6) is 0 Å². The normalized spacial score (nSPS) is 20.6. The topological polar surface area (TPSA) is 47.1 Å². The quantitative estimate of drug-likeness (QED) is 0.839. The highest BCUT2D eigenvalue weighted by Gasteiger charge is 2.34. The van der Waals surface area contributed by atoms with Gasteiger partial charge < -0.3 is 10.3 Å². The smallest absolute Gasteiger partial charge is 0.0948 e. The van der Waals surface area contributed by atoms with Gasteiger partial charge in [0.05, 0.1) is 18.1 Å². The van der Waals surface area contributed by atoms with Gasteiger partial charge >= 0.3 is 0 Å². The molecule has 1 aliphatic rings. The number of rotatable bonds is 7. The summed E-state index contributed by atoms with van der Waals surface area (Å²) in [6.07, 6.45) is 10.3. The van der Waals surface area contributed by atoms with Crippen molar-refractivity contribution in [3.63, 3.8) is 0 Å². The summed E-state index contributed by atoms with van der Waals surface area (Å²) in [6, 6.07) is 0.325. The zero-order valence-corrected chi connectivity index (χ0v) is 14.0. The monoisotopic (exact) mass is 292 g/mol. The fourth-order valence-corrected chi connectivity index (χ4v) is 3.76. The molecule has 0 radical (unpaired) electrons. The summed E-state index contributed by atoms with van der Waals surface area (Å²) in [7, 11) is 0. The van der Waals surface area contributed by atoms with E-state index in [9.17, 15) is 0 Å². The Hall–Kier alpha value is -0.870. The first-order chi connectivity index (χ1) is 10.2. The van der Waals surface area contributed by atoms with Gasteiger partial charge in [-0.15, -0.1) is 0 Å². The highest BCUT2D eigenvalue weighted by Crippen LogP contribution is 2.39. The van der Waals surface area contributed by atoms with Crippen LogP contribution in [0.1, 0.15) is 64.6 Å². The van der Waals surface area contributed by atoms with Crippen LogP contribution in [0.15, 0.2) is 12.5 Å². The molecule has 1 fully saturated rings. The minimum atomic E-state index is 0.325. The van der Waals surface area contributed by atoms with E-state index in [-0.39, 0.29) is 0 Å². The minimum absolute atomic E-state index is 0.325. The third kappa shape index (κ3) is 3.49. The van der Waals surface area contributed by atoms with Crippen LogP contribution < -0.4 is 5.73 Å². The van der Waals surface area contributed by atoms with Crippen LogP contribution in [0.25, 0.3) is 0 Å². The third-order valence-corrected chi connectivity index (χ3v) is 5.57. The molecular formula is C17H32N4. The lowest BCUT2D eigenvalue weighted by molar-refractivity contribution is 0.0656. The molecule has 0 spiro atoms. The van der Waals surface area contributed by atoms with E-state index < -0.39 is 0 Å². The number of likely N-dealkylation sites (tertiary alicyclic amines) is 1. The second-order valence-corrected chi connectivity index (χ2v) is 6.51. The van der Waals surface area contributed by atoms with E-state index in [4.69, 9.17) is 5.73 Å². The fraction of sp³-hybridized carbons (Fsp3) is 0.824. The van der Waals surface area contributed by atoms with Gasteiger partial charge in [-0.1, -0.05) is 33.6 Å². The molecule has 2 rings (SSSR count). The molecule has 0 saturated carbocycles. The molecule has 4 heteroatoms. The Kier molecular flexibility index (Phi) is 5.82. The van der Waals surface area contributed by atoms with E-state index in [2.05, 4.69) is 35.2 Å². The number of hydrogen-bond acceptors (Lipinski definition) is 3. The van der Waals surface area contributed by atoms with E-state index in [0.717, 1.165) is 13.0 Å². The van der Waals surface area contributed by atoms with Crippen LogP contribution in [-0.2, 0) is 6.54 Å². The van der Waals surface area contributed by atoms with Gasteiger partial charge in [-0.25, -0.2) is 4.98 Å². The Bertz CT molecular complexity index is 412. The average Bonchev–Trinajstić information content (AvgIpc) is 2.98. The lowest BCUT2D eigenvalue weighted by Crippen LogP contribution is -2.44. The molecule has 2 N–H and O–H groups in total. The van der Waals surface area contributed by atoms with E-state index in [0.29, 0.717) is 18.0 Å². The summed E-state index contributed by atoms with van der Waals surface area (Å²) in [5, 5.41) is 0. The number of aromatic nitrogens is 2. The molecular weight excluding hydrogens is 260 g/mol. The predicted molar refractivity (Wildman–Crippen MR) is 88.1 cm³/mol. The van der Waals surface area contributed by atoms with Crippen LogP contribution in [0, 0.1) is 5.41 Å². The second kappa shape index (κ2) is 7.41. The molecule has 21 heavy (non-hydrogen) atoms. The van der Waals surface area contributed by atoms with Gasteiger partial charge in [0.15, 0.2) is 0 Å². The molecule has 120 valence electrons. The first-order valence-electron chi connectivity index (χ1n) is 8.63. The number of piperidine rings is 1. The van der Waals surface area contributed by atoms with Gasteiger partial charge in [0.25, 0.3) is 0 Å². The maximum atomic E-state index is 6.11. The summed E-state index contributed by atoms with van der Waals surface area (Å²) < 4.78 is 2.28. The van der Waals surface area contributed by atoms with Crippen molar-refractivity contribution in [3.05, 3.63) is 18.2 Å². The molecule has 1 saturated heterocycles. The van der Waals surface area contributed by atoms with Crippen LogP contribution >= 0.6 is 0 Å². The van der Waals surface area contributed by atoms with E-state index in [1.54, 1.807) is 0 Å². The van der Waals surface area contributed by atoms with Crippen LogP contribution in [0.3, 0.4) is 0 Å². The molecule has 0 aromatic carbocycles. The lowest BCUT2D eigenvalue weighted by Gasteiger charge is -2.43. The van der Waals surface area contributed by atoms with Gasteiger partial charge in [0.2, 0.25) is 0 Å². The van der Waals surface area contributed by atoms with Gasteiger partial charge in [0, 0.05) is 19.3 Å². The minimum Gasteiger partial charge on any atom is -0.333 e. The maximum absolute atomic E-state index is 6.11. The van der Waals surface area contributed by atoms with Crippen molar-refractivity contribution in [2.24, 2.45) is 11.1 Å². The Morgan fingerprint density at radius 3 is 2.43 bits per heavy atom. The molecule has 0 aliphatic carbocycles. The zero-order valence-electron chi connectivity index (χ0n) is 14.0. The maximum Gasteiger partial charge on any atom is 0.0948 e. The Labute approximate surface area is 129 Å². The van der Waals surface area contributed by atoms with E-state index >= 15 is 0 Å². The van der Waals surface area contributed by atoms with Crippen molar-refractivity contribution >= 4 is 0 Å². The standard InChI is InChI=1S/C17H32N4/c1-4-9-21-14-19-13-16(21)15(12-18)20-10-7-17(5-2,6-3)8-11-20/h13-15H,4-12,18H2,1-3H3. The molecule has 0 bridgehead atoms. The fourth-order valence-electron chi connectivity index (χ4n) is 3.76. The summed E-state index contributed by atoms with van der Waals surface area (Å²) in [6.45, 7) is 10.9. The van der Waals surface area contributed by atoms with Crippen molar-refractivity contribution in [1.82, 2.24) is 14.5 Å². The van der Waals surface area contributed by atoms with Crippen LogP contribution in [0.4, 0.5) is 0 Å². The Morgan fingerprint density at radius 2 is 1.90 bits per heavy atom. The van der Waals surface area contributed by atoms with Crippen molar-refractivity contribution in [3.8, 4) is 0 Å². The molecule has 1 aromatic rings. The number of aryl methyl sites for hydroxylation is 1. The first-order valence-corrected chi connectivity index (χ1v) is 8.63. The zero-order chi connectivity index (χ0) is 15.3. The molecule has 1 atom stereocenters. The van der Waals surface area contributed by atoms with Gasteiger partial charge in [-0.05, 0) is 37.8 Å². The predicted octanol–water partition coefficient (Wildman–Crippen LogP) is 3.20. The van der Waals surface area contributed by atoms with Gasteiger partial charge in [0.1, 0.15) is 0 Å². The highest BCUT2D eigenvalue weighted by atomic mass is 15.2. The third-order valence-electron chi connectivity index (χ3n) is 5.57. The molecule has 1 aliphatic heterocycles. The lowest BCUT2D eigenvalue weighted by atomic mass is 9.74. The Balaban J connectivity index is 2.07. The molecule has 4 nitrogen and oxygen atoms in total.